The monoisotopic (exact) mass is 439 g/mol. The highest BCUT2D eigenvalue weighted by Crippen LogP contribution is 2.23. The zero-order valence-corrected chi connectivity index (χ0v) is 18.2. The Morgan fingerprint density at radius 2 is 1.97 bits per heavy atom. The fourth-order valence-corrected chi connectivity index (χ4v) is 4.28. The third kappa shape index (κ3) is 4.68. The number of nitrogens with zero attached hydrogens (tertiary/aromatic N) is 4. The predicted octanol–water partition coefficient (Wildman–Crippen LogP) is 3.61. The van der Waals surface area contributed by atoms with Gasteiger partial charge in [0.2, 0.25) is 0 Å². The fourth-order valence-electron chi connectivity index (χ4n) is 4.28. The van der Waals surface area contributed by atoms with Gasteiger partial charge in [0.05, 0.1) is 24.4 Å². The number of pyridine rings is 3. The standard InChI is InChI=1S/C26H25N5O2/c27-25-10-9-20(15-29-25)22-6-2-8-24(30-22)26(32)31-12-13-33-17-18(16-31)14-19-4-1-7-23-21(19)5-3-11-28-23/h1-11,15,18H,12-14,16-17H2,(H2,27,29)/t18-/m1/s1. The number of fused-ring (bicyclic) bond motifs is 1. The average molecular weight is 440 g/mol. The van der Waals surface area contributed by atoms with E-state index in [0.29, 0.717) is 43.5 Å². The molecule has 1 aliphatic rings. The van der Waals surface area contributed by atoms with E-state index >= 15 is 0 Å². The number of nitrogens with two attached hydrogens (primary N) is 1. The van der Waals surface area contributed by atoms with E-state index in [4.69, 9.17) is 10.5 Å². The molecule has 166 valence electrons. The number of amides is 1. The van der Waals surface area contributed by atoms with Gasteiger partial charge in [-0.3, -0.25) is 9.78 Å². The van der Waals surface area contributed by atoms with E-state index in [1.807, 2.05) is 47.5 Å². The SMILES string of the molecule is Nc1ccc(-c2cccc(C(=O)N3CCOC[C@H](Cc4cccc5ncccc45)C3)n2)cn1. The van der Waals surface area contributed by atoms with Crippen LogP contribution in [0.4, 0.5) is 5.82 Å². The van der Waals surface area contributed by atoms with Crippen molar-refractivity contribution in [3.05, 3.63) is 84.3 Å². The number of ether oxygens (including phenoxy) is 1. The zero-order valence-electron chi connectivity index (χ0n) is 18.2. The van der Waals surface area contributed by atoms with Crippen molar-refractivity contribution in [1.82, 2.24) is 19.9 Å². The van der Waals surface area contributed by atoms with Gasteiger partial charge in [-0.05, 0) is 48.4 Å². The molecule has 0 spiro atoms. The van der Waals surface area contributed by atoms with Crippen LogP contribution in [0.25, 0.3) is 22.2 Å². The Hall–Kier alpha value is -3.84. The van der Waals surface area contributed by atoms with Gasteiger partial charge in [0.25, 0.3) is 5.91 Å². The first-order valence-corrected chi connectivity index (χ1v) is 11.1. The van der Waals surface area contributed by atoms with Gasteiger partial charge in [-0.2, -0.15) is 0 Å². The lowest BCUT2D eigenvalue weighted by Crippen LogP contribution is -2.37. The Morgan fingerprint density at radius 1 is 1.06 bits per heavy atom. The van der Waals surface area contributed by atoms with E-state index in [1.165, 1.54) is 5.56 Å². The maximum absolute atomic E-state index is 13.4. The summed E-state index contributed by atoms with van der Waals surface area (Å²) in [5, 5.41) is 1.15. The molecular formula is C26H25N5O2. The maximum atomic E-state index is 13.4. The molecule has 1 aromatic carbocycles. The van der Waals surface area contributed by atoms with Gasteiger partial charge in [0, 0.05) is 42.4 Å². The number of anilines is 1. The van der Waals surface area contributed by atoms with Crippen molar-refractivity contribution in [3.63, 3.8) is 0 Å². The average Bonchev–Trinajstić information content (AvgIpc) is 3.10. The van der Waals surface area contributed by atoms with Crippen molar-refractivity contribution < 1.29 is 9.53 Å². The van der Waals surface area contributed by atoms with Crippen LogP contribution >= 0.6 is 0 Å². The number of nitrogen functional groups attached to an aromatic ring is 1. The number of aromatic nitrogens is 3. The molecule has 0 saturated carbocycles. The lowest BCUT2D eigenvalue weighted by Gasteiger charge is -2.24. The first-order valence-electron chi connectivity index (χ1n) is 11.1. The third-order valence-corrected chi connectivity index (χ3v) is 5.92. The molecule has 0 bridgehead atoms. The van der Waals surface area contributed by atoms with Crippen molar-refractivity contribution >= 4 is 22.6 Å². The summed E-state index contributed by atoms with van der Waals surface area (Å²) < 4.78 is 5.86. The molecule has 1 atom stereocenters. The summed E-state index contributed by atoms with van der Waals surface area (Å²) in [6.45, 7) is 2.29. The minimum absolute atomic E-state index is 0.0876. The minimum Gasteiger partial charge on any atom is -0.384 e. The molecule has 5 rings (SSSR count). The largest absolute Gasteiger partial charge is 0.384 e. The smallest absolute Gasteiger partial charge is 0.272 e. The molecule has 1 saturated heterocycles. The van der Waals surface area contributed by atoms with Crippen LogP contribution in [0.1, 0.15) is 16.1 Å². The van der Waals surface area contributed by atoms with Crippen LogP contribution in [0.15, 0.2) is 73.1 Å². The molecule has 1 amide bonds. The van der Waals surface area contributed by atoms with Crippen LogP contribution in [0.5, 0.6) is 0 Å². The van der Waals surface area contributed by atoms with Crippen molar-refractivity contribution in [2.24, 2.45) is 5.92 Å². The normalized spacial score (nSPS) is 16.5. The van der Waals surface area contributed by atoms with Crippen molar-refractivity contribution in [1.29, 1.82) is 0 Å². The van der Waals surface area contributed by atoms with Crippen LogP contribution in [0.2, 0.25) is 0 Å². The van der Waals surface area contributed by atoms with E-state index in [1.54, 1.807) is 18.3 Å². The highest BCUT2D eigenvalue weighted by atomic mass is 16.5. The van der Waals surface area contributed by atoms with Gasteiger partial charge in [-0.1, -0.05) is 24.3 Å². The summed E-state index contributed by atoms with van der Waals surface area (Å²) in [6.07, 6.45) is 4.29. The molecule has 0 unspecified atom stereocenters. The summed E-state index contributed by atoms with van der Waals surface area (Å²) in [7, 11) is 0. The lowest BCUT2D eigenvalue weighted by atomic mass is 9.96. The second kappa shape index (κ2) is 9.34. The Balaban J connectivity index is 1.35. The molecule has 4 heterocycles. The Bertz CT molecular complexity index is 1270. The minimum atomic E-state index is -0.0876. The van der Waals surface area contributed by atoms with E-state index in [9.17, 15) is 4.79 Å². The van der Waals surface area contributed by atoms with Gasteiger partial charge < -0.3 is 15.4 Å². The van der Waals surface area contributed by atoms with Crippen LogP contribution in [-0.4, -0.2) is 52.1 Å². The number of carbonyl (C=O) groups is 1. The molecule has 33 heavy (non-hydrogen) atoms. The van der Waals surface area contributed by atoms with Crippen LogP contribution in [-0.2, 0) is 11.2 Å². The summed E-state index contributed by atoms with van der Waals surface area (Å²) in [6, 6.07) is 19.3. The van der Waals surface area contributed by atoms with Gasteiger partial charge in [0.1, 0.15) is 11.5 Å². The highest BCUT2D eigenvalue weighted by Gasteiger charge is 2.25. The number of benzene rings is 1. The summed E-state index contributed by atoms with van der Waals surface area (Å²) in [5.41, 5.74) is 9.82. The molecular weight excluding hydrogens is 414 g/mol. The molecule has 7 nitrogen and oxygen atoms in total. The summed E-state index contributed by atoms with van der Waals surface area (Å²) in [4.78, 5) is 28.4. The molecule has 4 aromatic rings. The predicted molar refractivity (Wildman–Crippen MR) is 128 cm³/mol. The quantitative estimate of drug-likeness (QED) is 0.522. The Morgan fingerprint density at radius 3 is 2.85 bits per heavy atom. The van der Waals surface area contributed by atoms with Crippen LogP contribution in [0, 0.1) is 5.92 Å². The summed E-state index contributed by atoms with van der Waals surface area (Å²) in [5.74, 6) is 0.547. The molecule has 1 aliphatic heterocycles. The fraction of sp³-hybridized carbons (Fsp3) is 0.231. The Kier molecular flexibility index (Phi) is 5.95. The maximum Gasteiger partial charge on any atom is 0.272 e. The second-order valence-electron chi connectivity index (χ2n) is 8.26. The van der Waals surface area contributed by atoms with Gasteiger partial charge in [-0.25, -0.2) is 9.97 Å². The number of hydrogen-bond acceptors (Lipinski definition) is 6. The van der Waals surface area contributed by atoms with E-state index in [0.717, 1.165) is 22.9 Å². The lowest BCUT2D eigenvalue weighted by molar-refractivity contribution is 0.0731. The van der Waals surface area contributed by atoms with Gasteiger partial charge in [0.15, 0.2) is 0 Å². The van der Waals surface area contributed by atoms with Crippen molar-refractivity contribution in [3.8, 4) is 11.3 Å². The van der Waals surface area contributed by atoms with E-state index in [-0.39, 0.29) is 11.8 Å². The number of carbonyl (C=O) groups excluding carboxylic acids is 1. The second-order valence-corrected chi connectivity index (χ2v) is 8.26. The molecule has 2 N–H and O–H groups in total. The van der Waals surface area contributed by atoms with E-state index in [2.05, 4.69) is 27.1 Å². The van der Waals surface area contributed by atoms with Gasteiger partial charge >= 0.3 is 0 Å². The first kappa shape index (κ1) is 21.0. The highest BCUT2D eigenvalue weighted by molar-refractivity contribution is 5.93. The van der Waals surface area contributed by atoms with Crippen LogP contribution < -0.4 is 5.73 Å². The number of hydrogen-bond donors (Lipinski definition) is 1. The topological polar surface area (TPSA) is 94.2 Å². The first-order chi connectivity index (χ1) is 16.2. The van der Waals surface area contributed by atoms with Crippen molar-refractivity contribution in [2.75, 3.05) is 32.0 Å². The zero-order chi connectivity index (χ0) is 22.6. The van der Waals surface area contributed by atoms with E-state index < -0.39 is 0 Å². The molecule has 0 aliphatic carbocycles. The third-order valence-electron chi connectivity index (χ3n) is 5.92. The molecule has 1 fully saturated rings. The van der Waals surface area contributed by atoms with Crippen molar-refractivity contribution in [2.45, 2.75) is 6.42 Å². The molecule has 3 aromatic heterocycles. The number of rotatable bonds is 4. The summed E-state index contributed by atoms with van der Waals surface area (Å²) >= 11 is 0. The molecule has 7 heteroatoms. The molecule has 0 radical (unpaired) electrons. The Labute approximate surface area is 192 Å². The van der Waals surface area contributed by atoms with Crippen LogP contribution in [0.3, 0.4) is 0 Å². The van der Waals surface area contributed by atoms with Gasteiger partial charge in [-0.15, -0.1) is 0 Å².